The number of imidazole rings is 1. The summed E-state index contributed by atoms with van der Waals surface area (Å²) in [5.41, 5.74) is 11.8. The van der Waals surface area contributed by atoms with Crippen LogP contribution in [0.4, 0.5) is 17.3 Å². The third kappa shape index (κ3) is 5.67. The summed E-state index contributed by atoms with van der Waals surface area (Å²) in [4.78, 5) is 35.2. The standard InChI is InChI=1S/C26H31N7O3/c1-32(25(35)19-7-4-3-5-8-19)21-13-14-23-22(17-21)28-26(33(23)15-6-16-36-2)29-24(34)18-9-11-20(12-10-18)30-31-27/h9-14,17,19H,3-8,15-16H2,1-2H3,(H,28,29,34). The Labute approximate surface area is 209 Å². The first-order valence-electron chi connectivity index (χ1n) is 12.2. The predicted molar refractivity (Wildman–Crippen MR) is 139 cm³/mol. The molecule has 0 unspecified atom stereocenters. The minimum Gasteiger partial charge on any atom is -0.385 e. The van der Waals surface area contributed by atoms with Crippen LogP contribution >= 0.6 is 0 Å². The van der Waals surface area contributed by atoms with Gasteiger partial charge in [0.1, 0.15) is 0 Å². The van der Waals surface area contributed by atoms with Crippen LogP contribution in [-0.4, -0.2) is 42.1 Å². The number of aromatic nitrogens is 2. The van der Waals surface area contributed by atoms with E-state index in [-0.39, 0.29) is 17.7 Å². The quantitative estimate of drug-likeness (QED) is 0.176. The van der Waals surface area contributed by atoms with Crippen LogP contribution in [0.1, 0.15) is 48.9 Å². The van der Waals surface area contributed by atoms with Crippen molar-refractivity contribution in [2.75, 3.05) is 31.0 Å². The topological polar surface area (TPSA) is 125 Å². The number of hydrogen-bond donors (Lipinski definition) is 1. The Balaban J connectivity index is 1.60. The van der Waals surface area contributed by atoms with Crippen molar-refractivity contribution in [3.8, 4) is 0 Å². The highest BCUT2D eigenvalue weighted by atomic mass is 16.5. The number of azide groups is 1. The molecule has 0 saturated heterocycles. The van der Waals surface area contributed by atoms with Crippen molar-refractivity contribution in [3.05, 3.63) is 58.5 Å². The minimum atomic E-state index is -0.324. The Morgan fingerprint density at radius 3 is 2.64 bits per heavy atom. The molecule has 0 radical (unpaired) electrons. The highest BCUT2D eigenvalue weighted by Gasteiger charge is 2.25. The lowest BCUT2D eigenvalue weighted by atomic mass is 9.88. The van der Waals surface area contributed by atoms with E-state index >= 15 is 0 Å². The molecule has 0 aliphatic heterocycles. The molecule has 2 aromatic carbocycles. The number of rotatable bonds is 9. The van der Waals surface area contributed by atoms with E-state index in [1.165, 1.54) is 6.42 Å². The maximum absolute atomic E-state index is 13.1. The van der Waals surface area contributed by atoms with Crippen molar-refractivity contribution in [1.82, 2.24) is 9.55 Å². The summed E-state index contributed by atoms with van der Waals surface area (Å²) in [5, 5.41) is 6.44. The number of hydrogen-bond acceptors (Lipinski definition) is 5. The molecule has 36 heavy (non-hydrogen) atoms. The molecule has 0 spiro atoms. The Morgan fingerprint density at radius 1 is 1.19 bits per heavy atom. The molecule has 1 aliphatic carbocycles. The van der Waals surface area contributed by atoms with Gasteiger partial charge in [0.15, 0.2) is 0 Å². The fraction of sp³-hybridized carbons (Fsp3) is 0.423. The van der Waals surface area contributed by atoms with Gasteiger partial charge in [-0.1, -0.05) is 36.5 Å². The smallest absolute Gasteiger partial charge is 0.257 e. The molecule has 3 aromatic rings. The normalized spacial score (nSPS) is 13.8. The maximum atomic E-state index is 13.1. The fourth-order valence-electron chi connectivity index (χ4n) is 4.67. The molecule has 2 amide bonds. The number of benzene rings is 2. The second kappa shape index (κ2) is 11.7. The molecule has 188 valence electrons. The lowest BCUT2D eigenvalue weighted by Gasteiger charge is -2.26. The molecule has 10 nitrogen and oxygen atoms in total. The Kier molecular flexibility index (Phi) is 8.20. The molecular formula is C26H31N7O3. The number of ether oxygens (including phenoxy) is 1. The first-order chi connectivity index (χ1) is 17.5. The van der Waals surface area contributed by atoms with E-state index in [1.54, 1.807) is 36.3 Å². The van der Waals surface area contributed by atoms with Crippen molar-refractivity contribution >= 4 is 40.2 Å². The molecule has 1 fully saturated rings. The van der Waals surface area contributed by atoms with Crippen LogP contribution in [0.3, 0.4) is 0 Å². The zero-order valence-electron chi connectivity index (χ0n) is 20.7. The van der Waals surface area contributed by atoms with Crippen molar-refractivity contribution in [3.63, 3.8) is 0 Å². The van der Waals surface area contributed by atoms with E-state index in [0.29, 0.717) is 35.9 Å². The first-order valence-corrected chi connectivity index (χ1v) is 12.2. The number of nitrogens with one attached hydrogen (secondary N) is 1. The van der Waals surface area contributed by atoms with Crippen LogP contribution < -0.4 is 10.2 Å². The van der Waals surface area contributed by atoms with Gasteiger partial charge in [-0.25, -0.2) is 4.98 Å². The van der Waals surface area contributed by atoms with Crippen LogP contribution in [0.15, 0.2) is 47.6 Å². The second-order valence-corrected chi connectivity index (χ2v) is 9.03. The minimum absolute atomic E-state index is 0.0751. The number of fused-ring (bicyclic) bond motifs is 1. The number of carbonyl (C=O) groups excluding carboxylic acids is 2. The summed E-state index contributed by atoms with van der Waals surface area (Å²) in [6.07, 6.45) is 6.04. The molecule has 1 aromatic heterocycles. The van der Waals surface area contributed by atoms with Crippen molar-refractivity contribution in [2.45, 2.75) is 45.1 Å². The van der Waals surface area contributed by atoms with Gasteiger partial charge in [0.2, 0.25) is 11.9 Å². The third-order valence-corrected chi connectivity index (χ3v) is 6.65. The zero-order chi connectivity index (χ0) is 25.5. The van der Waals surface area contributed by atoms with E-state index in [9.17, 15) is 9.59 Å². The number of methoxy groups -OCH3 is 1. The number of amides is 2. The van der Waals surface area contributed by atoms with E-state index < -0.39 is 0 Å². The van der Waals surface area contributed by atoms with Gasteiger partial charge < -0.3 is 14.2 Å². The summed E-state index contributed by atoms with van der Waals surface area (Å²) in [7, 11) is 3.47. The molecule has 4 rings (SSSR count). The van der Waals surface area contributed by atoms with Gasteiger partial charge in [0, 0.05) is 55.1 Å². The highest BCUT2D eigenvalue weighted by molar-refractivity contribution is 6.04. The number of anilines is 2. The molecule has 10 heteroatoms. The zero-order valence-corrected chi connectivity index (χ0v) is 20.7. The largest absolute Gasteiger partial charge is 0.385 e. The second-order valence-electron chi connectivity index (χ2n) is 9.03. The monoisotopic (exact) mass is 489 g/mol. The molecule has 1 aliphatic rings. The van der Waals surface area contributed by atoms with E-state index in [2.05, 4.69) is 15.3 Å². The first kappa shape index (κ1) is 25.2. The van der Waals surface area contributed by atoms with Crippen LogP contribution in [-0.2, 0) is 16.1 Å². The number of aryl methyl sites for hydroxylation is 1. The van der Waals surface area contributed by atoms with E-state index in [1.807, 2.05) is 29.8 Å². The summed E-state index contributed by atoms with van der Waals surface area (Å²) in [5.74, 6) is 0.316. The SMILES string of the molecule is COCCCn1c(NC(=O)c2ccc(N=[N+]=[N-])cc2)nc2cc(N(C)C(=O)C3CCCCC3)ccc21. The Hall–Kier alpha value is -3.88. The van der Waals surface area contributed by atoms with Gasteiger partial charge in [-0.05, 0) is 55.1 Å². The van der Waals surface area contributed by atoms with Crippen LogP contribution in [0.25, 0.3) is 21.5 Å². The van der Waals surface area contributed by atoms with E-state index in [0.717, 1.165) is 43.3 Å². The van der Waals surface area contributed by atoms with Crippen molar-refractivity contribution < 1.29 is 14.3 Å². The summed E-state index contributed by atoms with van der Waals surface area (Å²) >= 11 is 0. The summed E-state index contributed by atoms with van der Waals surface area (Å²) < 4.78 is 7.16. The van der Waals surface area contributed by atoms with Gasteiger partial charge >= 0.3 is 0 Å². The lowest BCUT2D eigenvalue weighted by molar-refractivity contribution is -0.123. The molecule has 1 saturated carbocycles. The van der Waals surface area contributed by atoms with Gasteiger partial charge in [-0.15, -0.1) is 0 Å². The molecular weight excluding hydrogens is 458 g/mol. The average molecular weight is 490 g/mol. The molecule has 0 bridgehead atoms. The maximum Gasteiger partial charge on any atom is 0.257 e. The van der Waals surface area contributed by atoms with Crippen LogP contribution in [0.5, 0.6) is 0 Å². The molecule has 1 heterocycles. The predicted octanol–water partition coefficient (Wildman–Crippen LogP) is 5.81. The highest BCUT2D eigenvalue weighted by Crippen LogP contribution is 2.29. The molecule has 0 atom stereocenters. The number of nitrogens with zero attached hydrogens (tertiary/aromatic N) is 6. The average Bonchev–Trinajstić information content (AvgIpc) is 3.25. The fourth-order valence-corrected chi connectivity index (χ4v) is 4.67. The van der Waals surface area contributed by atoms with Gasteiger partial charge in [0.25, 0.3) is 5.91 Å². The van der Waals surface area contributed by atoms with Crippen molar-refractivity contribution in [1.29, 1.82) is 0 Å². The van der Waals surface area contributed by atoms with Crippen LogP contribution in [0, 0.1) is 5.92 Å². The Bertz CT molecular complexity index is 1270. The Morgan fingerprint density at radius 2 is 1.94 bits per heavy atom. The molecule has 1 N–H and O–H groups in total. The van der Waals surface area contributed by atoms with Crippen molar-refractivity contribution in [2.24, 2.45) is 11.0 Å². The van der Waals surface area contributed by atoms with Crippen LogP contribution in [0.2, 0.25) is 0 Å². The third-order valence-electron chi connectivity index (χ3n) is 6.65. The summed E-state index contributed by atoms with van der Waals surface area (Å²) in [6, 6.07) is 12.1. The van der Waals surface area contributed by atoms with Gasteiger partial charge in [0.05, 0.1) is 11.0 Å². The summed E-state index contributed by atoms with van der Waals surface area (Å²) in [6.45, 7) is 1.18. The van der Waals surface area contributed by atoms with E-state index in [4.69, 9.17) is 15.3 Å². The van der Waals surface area contributed by atoms with Gasteiger partial charge in [-0.2, -0.15) is 0 Å². The lowest BCUT2D eigenvalue weighted by Crippen LogP contribution is -2.33. The van der Waals surface area contributed by atoms with Gasteiger partial charge in [-0.3, -0.25) is 14.9 Å². The number of carbonyl (C=O) groups is 2.